The number of carbonyl (C=O) groups is 2. The highest BCUT2D eigenvalue weighted by atomic mass is 16.5. The number of aliphatic hydroxyl groups is 1. The minimum atomic E-state index is -0.729. The number of amides is 1. The first-order chi connectivity index (χ1) is 16.0. The first-order valence-corrected chi connectivity index (χ1v) is 11.3. The minimum Gasteiger partial charge on any atom is -0.507 e. The lowest BCUT2D eigenvalue weighted by Crippen LogP contribution is -2.30. The van der Waals surface area contributed by atoms with E-state index in [4.69, 9.17) is 14.2 Å². The number of likely N-dealkylation sites (tertiary alicyclic amines) is 1. The van der Waals surface area contributed by atoms with E-state index < -0.39 is 17.7 Å². The Morgan fingerprint density at radius 1 is 1.00 bits per heavy atom. The first-order valence-electron chi connectivity index (χ1n) is 11.3. The lowest BCUT2D eigenvalue weighted by atomic mass is 9.94. The van der Waals surface area contributed by atoms with Crippen LogP contribution < -0.4 is 14.2 Å². The van der Waals surface area contributed by atoms with E-state index in [1.54, 1.807) is 43.5 Å². The predicted octanol–water partition coefficient (Wildman–Crippen LogP) is 4.71. The van der Waals surface area contributed by atoms with Crippen molar-refractivity contribution in [2.45, 2.75) is 39.7 Å². The number of methoxy groups -OCH3 is 1. The van der Waals surface area contributed by atoms with Gasteiger partial charge in [0.1, 0.15) is 23.0 Å². The minimum absolute atomic E-state index is 0.0365. The molecule has 176 valence electrons. The summed E-state index contributed by atoms with van der Waals surface area (Å²) >= 11 is 0. The third-order valence-electron chi connectivity index (χ3n) is 5.52. The van der Waals surface area contributed by atoms with Gasteiger partial charge in [0, 0.05) is 12.6 Å². The van der Waals surface area contributed by atoms with Crippen LogP contribution in [0.25, 0.3) is 5.76 Å². The number of ketones is 1. The van der Waals surface area contributed by atoms with Crippen molar-refractivity contribution in [2.75, 3.05) is 26.9 Å². The third kappa shape index (κ3) is 4.97. The number of Topliss-reactive ketones (excluding diaryl/α,β-unsaturated/α-hetero) is 1. The highest BCUT2D eigenvalue weighted by Gasteiger charge is 2.46. The van der Waals surface area contributed by atoms with E-state index in [0.717, 1.165) is 12.8 Å². The number of aliphatic hydroxyl groups excluding tert-OH is 1. The summed E-state index contributed by atoms with van der Waals surface area (Å²) in [4.78, 5) is 27.7. The smallest absolute Gasteiger partial charge is 0.295 e. The molecular weight excluding hydrogens is 422 g/mol. The number of unbranched alkanes of at least 4 members (excludes halogenated alkanes) is 1. The van der Waals surface area contributed by atoms with Crippen LogP contribution in [0.4, 0.5) is 0 Å². The van der Waals surface area contributed by atoms with E-state index in [1.165, 1.54) is 4.90 Å². The number of benzene rings is 2. The maximum absolute atomic E-state index is 13.2. The number of ether oxygens (including phenoxy) is 3. The lowest BCUT2D eigenvalue weighted by Gasteiger charge is -2.25. The molecule has 0 aromatic heterocycles. The van der Waals surface area contributed by atoms with Crippen molar-refractivity contribution in [3.63, 3.8) is 0 Å². The Morgan fingerprint density at radius 3 is 2.42 bits per heavy atom. The standard InChI is InChI=1S/C26H31NO6/c1-5-8-14-27-23(17-10-9-11-18(15-17)31-4)22(25(29)26(27)30)24(28)20-13-12-19(32-6-2)16-21(20)33-7-3/h9-13,15-16,23,28H,5-8,14H2,1-4H3/b24-22-. The van der Waals surface area contributed by atoms with E-state index in [0.29, 0.717) is 48.1 Å². The quantitative estimate of drug-likeness (QED) is 0.318. The maximum atomic E-state index is 13.2. The summed E-state index contributed by atoms with van der Waals surface area (Å²) in [6.45, 7) is 6.97. The molecule has 0 saturated carbocycles. The molecule has 1 fully saturated rings. The van der Waals surface area contributed by atoms with Gasteiger partial charge in [-0.1, -0.05) is 25.5 Å². The molecule has 7 nitrogen and oxygen atoms in total. The van der Waals surface area contributed by atoms with Crippen LogP contribution in [0.2, 0.25) is 0 Å². The molecule has 0 aliphatic carbocycles. The van der Waals surface area contributed by atoms with Crippen LogP contribution in [0.5, 0.6) is 17.2 Å². The second kappa shape index (κ2) is 10.9. The van der Waals surface area contributed by atoms with Gasteiger partial charge < -0.3 is 24.2 Å². The molecule has 1 heterocycles. The summed E-state index contributed by atoms with van der Waals surface area (Å²) < 4.78 is 16.6. The van der Waals surface area contributed by atoms with Crippen LogP contribution in [0.15, 0.2) is 48.0 Å². The summed E-state index contributed by atoms with van der Waals surface area (Å²) in [6.07, 6.45) is 1.60. The topological polar surface area (TPSA) is 85.3 Å². The van der Waals surface area contributed by atoms with Crippen molar-refractivity contribution in [1.82, 2.24) is 4.90 Å². The second-order valence-electron chi connectivity index (χ2n) is 7.65. The molecule has 0 spiro atoms. The number of nitrogens with zero attached hydrogens (tertiary/aromatic N) is 1. The molecule has 1 amide bonds. The van der Waals surface area contributed by atoms with Gasteiger partial charge in [0.15, 0.2) is 0 Å². The van der Waals surface area contributed by atoms with Gasteiger partial charge in [0.25, 0.3) is 11.7 Å². The molecule has 7 heteroatoms. The first kappa shape index (κ1) is 24.2. The van der Waals surface area contributed by atoms with Gasteiger partial charge in [0.05, 0.1) is 37.5 Å². The largest absolute Gasteiger partial charge is 0.507 e. The molecule has 0 radical (unpaired) electrons. The van der Waals surface area contributed by atoms with Crippen molar-refractivity contribution in [3.8, 4) is 17.2 Å². The van der Waals surface area contributed by atoms with E-state index in [1.807, 2.05) is 26.8 Å². The highest BCUT2D eigenvalue weighted by molar-refractivity contribution is 6.46. The molecule has 0 bridgehead atoms. The molecule has 1 saturated heterocycles. The van der Waals surface area contributed by atoms with Gasteiger partial charge in [-0.25, -0.2) is 0 Å². The summed E-state index contributed by atoms with van der Waals surface area (Å²) in [5.41, 5.74) is 1.06. The average Bonchev–Trinajstić information content (AvgIpc) is 3.08. The Balaban J connectivity index is 2.20. The Morgan fingerprint density at radius 2 is 1.76 bits per heavy atom. The van der Waals surface area contributed by atoms with E-state index >= 15 is 0 Å². The molecule has 1 N–H and O–H groups in total. The SMILES string of the molecule is CCCCN1C(=O)C(=O)/C(=C(\O)c2ccc(OCC)cc2OCC)C1c1cccc(OC)c1. The summed E-state index contributed by atoms with van der Waals surface area (Å²) in [5.74, 6) is -0.0406. The van der Waals surface area contributed by atoms with Gasteiger partial charge in [-0.05, 0) is 50.1 Å². The van der Waals surface area contributed by atoms with Crippen LogP contribution in [0.1, 0.15) is 50.8 Å². The predicted molar refractivity (Wildman–Crippen MR) is 126 cm³/mol. The highest BCUT2D eigenvalue weighted by Crippen LogP contribution is 2.42. The zero-order valence-electron chi connectivity index (χ0n) is 19.6. The molecule has 3 rings (SSSR count). The van der Waals surface area contributed by atoms with Crippen LogP contribution in [0, 0.1) is 0 Å². The maximum Gasteiger partial charge on any atom is 0.295 e. The fraction of sp³-hybridized carbons (Fsp3) is 0.385. The van der Waals surface area contributed by atoms with Gasteiger partial charge in [-0.3, -0.25) is 9.59 Å². The fourth-order valence-corrected chi connectivity index (χ4v) is 3.97. The number of rotatable bonds is 10. The van der Waals surface area contributed by atoms with Crippen LogP contribution >= 0.6 is 0 Å². The Labute approximate surface area is 194 Å². The molecule has 2 aromatic carbocycles. The Hall–Kier alpha value is -3.48. The van der Waals surface area contributed by atoms with Crippen molar-refractivity contribution in [3.05, 3.63) is 59.2 Å². The summed E-state index contributed by atoms with van der Waals surface area (Å²) in [7, 11) is 1.56. The van der Waals surface area contributed by atoms with E-state index in [-0.39, 0.29) is 11.3 Å². The summed E-state index contributed by atoms with van der Waals surface area (Å²) in [5, 5.41) is 11.4. The van der Waals surface area contributed by atoms with Gasteiger partial charge in [0.2, 0.25) is 0 Å². The molecule has 1 unspecified atom stereocenters. The zero-order chi connectivity index (χ0) is 24.0. The Bertz CT molecular complexity index is 1040. The van der Waals surface area contributed by atoms with Crippen molar-refractivity contribution >= 4 is 17.4 Å². The summed E-state index contributed by atoms with van der Waals surface area (Å²) in [6, 6.07) is 11.5. The number of hydrogen-bond acceptors (Lipinski definition) is 6. The monoisotopic (exact) mass is 453 g/mol. The van der Waals surface area contributed by atoms with Gasteiger partial charge >= 0.3 is 0 Å². The molecule has 33 heavy (non-hydrogen) atoms. The van der Waals surface area contributed by atoms with Crippen LogP contribution in [0.3, 0.4) is 0 Å². The molecule has 1 aliphatic rings. The molecule has 1 aliphatic heterocycles. The third-order valence-corrected chi connectivity index (χ3v) is 5.52. The second-order valence-corrected chi connectivity index (χ2v) is 7.65. The molecular formula is C26H31NO6. The number of hydrogen-bond donors (Lipinski definition) is 1. The van der Waals surface area contributed by atoms with E-state index in [2.05, 4.69) is 0 Å². The van der Waals surface area contributed by atoms with Crippen molar-refractivity contribution < 1.29 is 28.9 Å². The van der Waals surface area contributed by atoms with Crippen molar-refractivity contribution in [2.24, 2.45) is 0 Å². The zero-order valence-corrected chi connectivity index (χ0v) is 19.6. The lowest BCUT2D eigenvalue weighted by molar-refractivity contribution is -0.139. The average molecular weight is 454 g/mol. The van der Waals surface area contributed by atoms with Crippen molar-refractivity contribution in [1.29, 1.82) is 0 Å². The van der Waals surface area contributed by atoms with Gasteiger partial charge in [-0.15, -0.1) is 0 Å². The Kier molecular flexibility index (Phi) is 7.98. The van der Waals surface area contributed by atoms with Crippen LogP contribution in [-0.4, -0.2) is 48.6 Å². The van der Waals surface area contributed by atoms with E-state index in [9.17, 15) is 14.7 Å². The molecule has 1 atom stereocenters. The normalized spacial score (nSPS) is 17.3. The van der Waals surface area contributed by atoms with Gasteiger partial charge in [-0.2, -0.15) is 0 Å². The van der Waals surface area contributed by atoms with Crippen LogP contribution in [-0.2, 0) is 9.59 Å². The number of carbonyl (C=O) groups excluding carboxylic acids is 2. The molecule has 2 aromatic rings. The fourth-order valence-electron chi connectivity index (χ4n) is 3.97.